The monoisotopic (exact) mass is 336 g/mol. The second-order valence-electron chi connectivity index (χ2n) is 4.43. The second-order valence-corrected chi connectivity index (χ2v) is 5.23. The van der Waals surface area contributed by atoms with Crippen molar-refractivity contribution in [3.8, 4) is 0 Å². The fraction of sp³-hybridized carbons (Fsp3) is 0.357. The van der Waals surface area contributed by atoms with Gasteiger partial charge in [-0.2, -0.15) is 5.10 Å². The number of aromatic nitrogens is 3. The Kier molecular flexibility index (Phi) is 5.29. The number of rotatable bonds is 6. The molecule has 0 aliphatic carbocycles. The smallest absolute Gasteiger partial charge is 0.283 e. The van der Waals surface area contributed by atoms with E-state index in [0.29, 0.717) is 11.0 Å². The molecule has 1 N–H and O–H groups in total. The lowest BCUT2D eigenvalue weighted by atomic mass is 10.2. The highest BCUT2D eigenvalue weighted by Crippen LogP contribution is 2.16. The van der Waals surface area contributed by atoms with E-state index in [1.165, 1.54) is 10.2 Å². The first kappa shape index (κ1) is 14.7. The molecule has 0 bridgehead atoms. The van der Waals surface area contributed by atoms with Crippen LogP contribution in [0.3, 0.4) is 0 Å². The molecule has 6 heteroatoms. The van der Waals surface area contributed by atoms with Gasteiger partial charge in [-0.05, 0) is 46.5 Å². The third-order valence-electron chi connectivity index (χ3n) is 2.90. The van der Waals surface area contributed by atoms with Crippen molar-refractivity contribution in [2.75, 3.05) is 11.9 Å². The zero-order chi connectivity index (χ0) is 14.4. The van der Waals surface area contributed by atoms with Crippen LogP contribution < -0.4 is 10.9 Å². The summed E-state index contributed by atoms with van der Waals surface area (Å²) in [5.74, 6) is 0. The predicted molar refractivity (Wildman–Crippen MR) is 82.9 cm³/mol. The first-order valence-electron chi connectivity index (χ1n) is 6.60. The van der Waals surface area contributed by atoms with Crippen molar-refractivity contribution < 1.29 is 0 Å². The Morgan fingerprint density at radius 1 is 1.35 bits per heavy atom. The molecule has 0 aliphatic rings. The summed E-state index contributed by atoms with van der Waals surface area (Å²) in [4.78, 5) is 16.0. The van der Waals surface area contributed by atoms with Gasteiger partial charge in [0.05, 0.1) is 11.9 Å². The zero-order valence-corrected chi connectivity index (χ0v) is 12.9. The van der Waals surface area contributed by atoms with E-state index in [1.807, 2.05) is 19.1 Å². The van der Waals surface area contributed by atoms with Crippen LogP contribution in [-0.4, -0.2) is 21.3 Å². The molecular weight excluding hydrogens is 320 g/mol. The average Bonchev–Trinajstić information content (AvgIpc) is 2.48. The van der Waals surface area contributed by atoms with Crippen molar-refractivity contribution in [3.63, 3.8) is 0 Å². The van der Waals surface area contributed by atoms with Gasteiger partial charge in [-0.1, -0.05) is 6.92 Å². The molecule has 0 radical (unpaired) electrons. The molecule has 2 aromatic heterocycles. The maximum absolute atomic E-state index is 12.0. The molecule has 0 aromatic carbocycles. The van der Waals surface area contributed by atoms with Gasteiger partial charge in [-0.15, -0.1) is 0 Å². The van der Waals surface area contributed by atoms with Crippen LogP contribution in [0.25, 0.3) is 0 Å². The van der Waals surface area contributed by atoms with Crippen LogP contribution in [0.5, 0.6) is 0 Å². The van der Waals surface area contributed by atoms with E-state index in [4.69, 9.17) is 0 Å². The SMILES string of the molecule is CCCn1ncc(NCCc2ccncc2)c(Br)c1=O. The molecule has 0 amide bonds. The van der Waals surface area contributed by atoms with E-state index in [-0.39, 0.29) is 5.56 Å². The van der Waals surface area contributed by atoms with Gasteiger partial charge in [0.15, 0.2) is 0 Å². The molecule has 2 aromatic rings. The minimum atomic E-state index is -0.0965. The minimum Gasteiger partial charge on any atom is -0.382 e. The van der Waals surface area contributed by atoms with E-state index < -0.39 is 0 Å². The predicted octanol–water partition coefficient (Wildman–Crippen LogP) is 2.47. The first-order chi connectivity index (χ1) is 9.72. The maximum atomic E-state index is 12.0. The lowest BCUT2D eigenvalue weighted by Gasteiger charge is -2.10. The third kappa shape index (κ3) is 3.66. The lowest BCUT2D eigenvalue weighted by Crippen LogP contribution is -2.24. The standard InChI is InChI=1S/C14H17BrN4O/c1-2-9-19-14(20)13(15)12(10-18-19)17-8-5-11-3-6-16-7-4-11/h3-4,6-7,10,17H,2,5,8-9H2,1H3. The molecule has 0 atom stereocenters. The molecule has 2 heterocycles. The zero-order valence-electron chi connectivity index (χ0n) is 11.3. The molecule has 106 valence electrons. The van der Waals surface area contributed by atoms with E-state index in [2.05, 4.69) is 31.3 Å². The second kappa shape index (κ2) is 7.19. The maximum Gasteiger partial charge on any atom is 0.283 e. The average molecular weight is 337 g/mol. The summed E-state index contributed by atoms with van der Waals surface area (Å²) in [6.45, 7) is 3.39. The minimum absolute atomic E-state index is 0.0965. The van der Waals surface area contributed by atoms with Crippen LogP contribution in [0, 0.1) is 0 Å². The summed E-state index contributed by atoms with van der Waals surface area (Å²) in [6.07, 6.45) is 6.99. The van der Waals surface area contributed by atoms with Gasteiger partial charge in [0.1, 0.15) is 4.47 Å². The van der Waals surface area contributed by atoms with Gasteiger partial charge in [0.2, 0.25) is 0 Å². The Hall–Kier alpha value is -1.69. The summed E-state index contributed by atoms with van der Waals surface area (Å²) in [5, 5.41) is 7.38. The van der Waals surface area contributed by atoms with Gasteiger partial charge in [0, 0.05) is 25.5 Å². The Bertz CT molecular complexity index is 612. The van der Waals surface area contributed by atoms with Gasteiger partial charge in [-0.3, -0.25) is 9.78 Å². The molecule has 0 saturated carbocycles. The summed E-state index contributed by atoms with van der Waals surface area (Å²) in [7, 11) is 0. The Labute approximate surface area is 126 Å². The third-order valence-corrected chi connectivity index (χ3v) is 3.67. The molecule has 0 aliphatic heterocycles. The Morgan fingerprint density at radius 3 is 2.80 bits per heavy atom. The van der Waals surface area contributed by atoms with E-state index in [9.17, 15) is 4.79 Å². The summed E-state index contributed by atoms with van der Waals surface area (Å²) >= 11 is 3.34. The summed E-state index contributed by atoms with van der Waals surface area (Å²) in [5.41, 5.74) is 1.84. The summed E-state index contributed by atoms with van der Waals surface area (Å²) < 4.78 is 2.01. The van der Waals surface area contributed by atoms with Crippen molar-refractivity contribution in [2.45, 2.75) is 26.3 Å². The van der Waals surface area contributed by atoms with E-state index >= 15 is 0 Å². The Balaban J connectivity index is 2.00. The Morgan fingerprint density at radius 2 is 2.10 bits per heavy atom. The van der Waals surface area contributed by atoms with Crippen LogP contribution in [0.2, 0.25) is 0 Å². The molecular formula is C14H17BrN4O. The van der Waals surface area contributed by atoms with E-state index in [0.717, 1.165) is 25.1 Å². The molecule has 0 fully saturated rings. The fourth-order valence-corrected chi connectivity index (χ4v) is 2.30. The number of pyridine rings is 1. The van der Waals surface area contributed by atoms with Crippen molar-refractivity contribution in [1.82, 2.24) is 14.8 Å². The van der Waals surface area contributed by atoms with Crippen molar-refractivity contribution in [3.05, 3.63) is 51.1 Å². The van der Waals surface area contributed by atoms with Gasteiger partial charge in [-0.25, -0.2) is 4.68 Å². The van der Waals surface area contributed by atoms with Gasteiger partial charge >= 0.3 is 0 Å². The highest BCUT2D eigenvalue weighted by molar-refractivity contribution is 9.10. The molecule has 0 unspecified atom stereocenters. The topological polar surface area (TPSA) is 59.8 Å². The quantitative estimate of drug-likeness (QED) is 0.880. The number of hydrogen-bond acceptors (Lipinski definition) is 4. The number of aryl methyl sites for hydroxylation is 1. The lowest BCUT2D eigenvalue weighted by molar-refractivity contribution is 0.566. The summed E-state index contributed by atoms with van der Waals surface area (Å²) in [6, 6.07) is 3.96. The van der Waals surface area contributed by atoms with Crippen LogP contribution in [0.15, 0.2) is 40.0 Å². The number of halogens is 1. The molecule has 0 spiro atoms. The molecule has 2 rings (SSSR count). The highest BCUT2D eigenvalue weighted by Gasteiger charge is 2.07. The normalized spacial score (nSPS) is 10.5. The number of nitrogens with zero attached hydrogens (tertiary/aromatic N) is 3. The van der Waals surface area contributed by atoms with Crippen LogP contribution >= 0.6 is 15.9 Å². The molecule has 0 saturated heterocycles. The van der Waals surface area contributed by atoms with Crippen molar-refractivity contribution in [2.24, 2.45) is 0 Å². The van der Waals surface area contributed by atoms with Gasteiger partial charge < -0.3 is 5.32 Å². The largest absolute Gasteiger partial charge is 0.382 e. The molecule has 20 heavy (non-hydrogen) atoms. The fourth-order valence-electron chi connectivity index (χ4n) is 1.85. The van der Waals surface area contributed by atoms with E-state index in [1.54, 1.807) is 18.6 Å². The van der Waals surface area contributed by atoms with Crippen molar-refractivity contribution >= 4 is 21.6 Å². The highest BCUT2D eigenvalue weighted by atomic mass is 79.9. The first-order valence-corrected chi connectivity index (χ1v) is 7.40. The van der Waals surface area contributed by atoms with Crippen LogP contribution in [-0.2, 0) is 13.0 Å². The van der Waals surface area contributed by atoms with Crippen LogP contribution in [0.4, 0.5) is 5.69 Å². The number of nitrogens with one attached hydrogen (secondary N) is 1. The van der Waals surface area contributed by atoms with Gasteiger partial charge in [0.25, 0.3) is 5.56 Å². The van der Waals surface area contributed by atoms with Crippen LogP contribution in [0.1, 0.15) is 18.9 Å². The molecule has 5 nitrogen and oxygen atoms in total. The number of hydrogen-bond donors (Lipinski definition) is 1. The van der Waals surface area contributed by atoms with Crippen molar-refractivity contribution in [1.29, 1.82) is 0 Å². The number of anilines is 1.